The second-order valence-corrected chi connectivity index (χ2v) is 4.35. The molecule has 1 unspecified atom stereocenters. The van der Waals surface area contributed by atoms with Crippen molar-refractivity contribution in [1.82, 2.24) is 10.6 Å². The van der Waals surface area contributed by atoms with Gasteiger partial charge in [0, 0.05) is 6.42 Å². The molecule has 0 aliphatic carbocycles. The molecular formula is C13H12F2N2O4. The average molecular weight is 298 g/mol. The zero-order chi connectivity index (χ0) is 15.4. The van der Waals surface area contributed by atoms with E-state index in [1.165, 1.54) is 24.3 Å². The average Bonchev–Trinajstić information content (AvgIpc) is 2.42. The molecular weight excluding hydrogens is 286 g/mol. The fraction of sp³-hybridized carbons (Fsp3) is 0.308. The number of imide groups is 1. The molecule has 0 bridgehead atoms. The largest absolute Gasteiger partial charge is 0.434 e. The molecule has 0 radical (unpaired) electrons. The highest BCUT2D eigenvalue weighted by atomic mass is 19.3. The van der Waals surface area contributed by atoms with E-state index in [1.54, 1.807) is 0 Å². The highest BCUT2D eigenvalue weighted by Gasteiger charge is 2.28. The molecule has 0 aromatic heterocycles. The SMILES string of the molecule is O=C1CCC(NC(=O)c2ccccc2OC(F)F)C(=O)N1. The van der Waals surface area contributed by atoms with Gasteiger partial charge >= 0.3 is 6.61 Å². The van der Waals surface area contributed by atoms with E-state index in [-0.39, 0.29) is 24.2 Å². The predicted molar refractivity (Wildman–Crippen MR) is 66.7 cm³/mol. The number of piperidine rings is 1. The fourth-order valence-corrected chi connectivity index (χ4v) is 1.92. The quantitative estimate of drug-likeness (QED) is 0.806. The first-order valence-electron chi connectivity index (χ1n) is 6.16. The molecule has 1 aromatic rings. The summed E-state index contributed by atoms with van der Waals surface area (Å²) in [6, 6.07) is 4.58. The Morgan fingerprint density at radius 1 is 1.33 bits per heavy atom. The summed E-state index contributed by atoms with van der Waals surface area (Å²) in [5, 5.41) is 4.48. The third-order valence-electron chi connectivity index (χ3n) is 2.89. The number of benzene rings is 1. The van der Waals surface area contributed by atoms with Crippen LogP contribution in [-0.2, 0) is 9.59 Å². The molecule has 0 saturated carbocycles. The number of alkyl halides is 2. The molecule has 1 aromatic carbocycles. The van der Waals surface area contributed by atoms with Crippen molar-refractivity contribution in [1.29, 1.82) is 0 Å². The normalized spacial score (nSPS) is 18.3. The lowest BCUT2D eigenvalue weighted by molar-refractivity contribution is -0.134. The number of nitrogens with one attached hydrogen (secondary N) is 2. The molecule has 1 fully saturated rings. The second-order valence-electron chi connectivity index (χ2n) is 4.35. The van der Waals surface area contributed by atoms with E-state index in [0.717, 1.165) is 0 Å². The number of ether oxygens (including phenoxy) is 1. The van der Waals surface area contributed by atoms with Crippen molar-refractivity contribution in [3.63, 3.8) is 0 Å². The lowest BCUT2D eigenvalue weighted by atomic mass is 10.1. The van der Waals surface area contributed by atoms with Gasteiger partial charge in [0.05, 0.1) is 5.56 Å². The molecule has 112 valence electrons. The smallest absolute Gasteiger partial charge is 0.387 e. The van der Waals surface area contributed by atoms with Crippen molar-refractivity contribution >= 4 is 17.7 Å². The van der Waals surface area contributed by atoms with Gasteiger partial charge in [-0.05, 0) is 18.6 Å². The van der Waals surface area contributed by atoms with Gasteiger partial charge in [-0.2, -0.15) is 8.78 Å². The van der Waals surface area contributed by atoms with Crippen LogP contribution in [0.15, 0.2) is 24.3 Å². The summed E-state index contributed by atoms with van der Waals surface area (Å²) >= 11 is 0. The Bertz CT molecular complexity index is 577. The standard InChI is InChI=1S/C13H12F2N2O4/c14-13(15)21-9-4-2-1-3-7(9)11(19)16-8-5-6-10(18)17-12(8)20/h1-4,8,13H,5-6H2,(H,16,19)(H,17,18,20). The molecule has 2 N–H and O–H groups in total. The van der Waals surface area contributed by atoms with Gasteiger partial charge in [-0.1, -0.05) is 12.1 Å². The third kappa shape index (κ3) is 3.74. The Morgan fingerprint density at radius 2 is 2.05 bits per heavy atom. The van der Waals surface area contributed by atoms with Crippen LogP contribution < -0.4 is 15.4 Å². The van der Waals surface area contributed by atoms with Crippen molar-refractivity contribution in [2.45, 2.75) is 25.5 Å². The van der Waals surface area contributed by atoms with Gasteiger partial charge in [-0.3, -0.25) is 19.7 Å². The van der Waals surface area contributed by atoms with Crippen molar-refractivity contribution in [3.8, 4) is 5.75 Å². The Balaban J connectivity index is 2.10. The van der Waals surface area contributed by atoms with Crippen LogP contribution >= 0.6 is 0 Å². The molecule has 21 heavy (non-hydrogen) atoms. The highest BCUT2D eigenvalue weighted by Crippen LogP contribution is 2.20. The lowest BCUT2D eigenvalue weighted by Gasteiger charge is -2.22. The zero-order valence-corrected chi connectivity index (χ0v) is 10.8. The van der Waals surface area contributed by atoms with Crippen molar-refractivity contribution in [2.75, 3.05) is 0 Å². The van der Waals surface area contributed by atoms with Gasteiger partial charge in [0.25, 0.3) is 5.91 Å². The number of amides is 3. The molecule has 1 aliphatic rings. The molecule has 3 amide bonds. The third-order valence-corrected chi connectivity index (χ3v) is 2.89. The second kappa shape index (κ2) is 6.29. The van der Waals surface area contributed by atoms with Gasteiger partial charge in [0.2, 0.25) is 11.8 Å². The summed E-state index contributed by atoms with van der Waals surface area (Å²) in [7, 11) is 0. The van der Waals surface area contributed by atoms with Gasteiger partial charge < -0.3 is 10.1 Å². The highest BCUT2D eigenvalue weighted by molar-refractivity contribution is 6.04. The van der Waals surface area contributed by atoms with Gasteiger partial charge in [0.15, 0.2) is 0 Å². The Morgan fingerprint density at radius 3 is 2.71 bits per heavy atom. The summed E-state index contributed by atoms with van der Waals surface area (Å²) in [5.74, 6) is -2.03. The maximum Gasteiger partial charge on any atom is 0.387 e. The van der Waals surface area contributed by atoms with Crippen LogP contribution in [0.2, 0.25) is 0 Å². The Kier molecular flexibility index (Phi) is 4.46. The molecule has 1 saturated heterocycles. The predicted octanol–water partition coefficient (Wildman–Crippen LogP) is 0.823. The summed E-state index contributed by atoms with van der Waals surface area (Å²) in [6.45, 7) is -3.06. The van der Waals surface area contributed by atoms with Gasteiger partial charge in [0.1, 0.15) is 11.8 Å². The molecule has 2 rings (SSSR count). The minimum absolute atomic E-state index is 0.103. The number of halogens is 2. The summed E-state index contributed by atoms with van der Waals surface area (Å²) < 4.78 is 28.8. The Hall–Kier alpha value is -2.51. The lowest BCUT2D eigenvalue weighted by Crippen LogP contribution is -2.52. The van der Waals surface area contributed by atoms with Gasteiger partial charge in [-0.25, -0.2) is 0 Å². The zero-order valence-electron chi connectivity index (χ0n) is 10.8. The fourth-order valence-electron chi connectivity index (χ4n) is 1.92. The molecule has 1 atom stereocenters. The van der Waals surface area contributed by atoms with Crippen LogP contribution in [0.3, 0.4) is 0 Å². The minimum atomic E-state index is -3.06. The van der Waals surface area contributed by atoms with Gasteiger partial charge in [-0.15, -0.1) is 0 Å². The van der Waals surface area contributed by atoms with E-state index < -0.39 is 30.4 Å². The number of carbonyl (C=O) groups excluding carboxylic acids is 3. The van der Waals surface area contributed by atoms with Crippen LogP contribution in [-0.4, -0.2) is 30.4 Å². The molecule has 1 aliphatic heterocycles. The van der Waals surface area contributed by atoms with Crippen molar-refractivity contribution < 1.29 is 27.9 Å². The topological polar surface area (TPSA) is 84.5 Å². The molecule has 6 nitrogen and oxygen atoms in total. The van der Waals surface area contributed by atoms with E-state index in [4.69, 9.17) is 0 Å². The van der Waals surface area contributed by atoms with Crippen LogP contribution in [0.25, 0.3) is 0 Å². The molecule has 0 spiro atoms. The van der Waals surface area contributed by atoms with Crippen molar-refractivity contribution in [3.05, 3.63) is 29.8 Å². The maximum absolute atomic E-state index is 12.3. The minimum Gasteiger partial charge on any atom is -0.434 e. The number of hydrogen-bond acceptors (Lipinski definition) is 4. The Labute approximate surface area is 118 Å². The van der Waals surface area contributed by atoms with Crippen molar-refractivity contribution in [2.24, 2.45) is 0 Å². The maximum atomic E-state index is 12.3. The van der Waals surface area contributed by atoms with E-state index in [9.17, 15) is 23.2 Å². The molecule has 8 heteroatoms. The first-order chi connectivity index (χ1) is 9.97. The number of rotatable bonds is 4. The first-order valence-corrected chi connectivity index (χ1v) is 6.16. The number of hydrogen-bond donors (Lipinski definition) is 2. The van der Waals surface area contributed by atoms with Crippen LogP contribution in [0.5, 0.6) is 5.75 Å². The van der Waals surface area contributed by atoms with Crippen LogP contribution in [0.4, 0.5) is 8.78 Å². The van der Waals surface area contributed by atoms with E-state index in [0.29, 0.717) is 0 Å². The number of para-hydroxylation sites is 1. The molecule has 1 heterocycles. The van der Waals surface area contributed by atoms with E-state index in [2.05, 4.69) is 15.4 Å². The summed E-state index contributed by atoms with van der Waals surface area (Å²) in [6.07, 6.45) is 0.264. The monoisotopic (exact) mass is 298 g/mol. The van der Waals surface area contributed by atoms with Crippen LogP contribution in [0, 0.1) is 0 Å². The summed E-state index contributed by atoms with van der Waals surface area (Å²) in [4.78, 5) is 34.6. The van der Waals surface area contributed by atoms with E-state index >= 15 is 0 Å². The van der Waals surface area contributed by atoms with Crippen LogP contribution in [0.1, 0.15) is 23.2 Å². The summed E-state index contributed by atoms with van der Waals surface area (Å²) in [5.41, 5.74) is -0.109. The number of carbonyl (C=O) groups is 3. The van der Waals surface area contributed by atoms with E-state index in [1.807, 2.05) is 0 Å². The first kappa shape index (κ1) is 14.9.